The molecule has 1 aromatic heterocycles. The van der Waals surface area contributed by atoms with Gasteiger partial charge in [-0.2, -0.15) is 4.98 Å². The van der Waals surface area contributed by atoms with Gasteiger partial charge in [-0.15, -0.1) is 6.58 Å². The highest BCUT2D eigenvalue weighted by atomic mass is 16.1. The van der Waals surface area contributed by atoms with E-state index in [1.165, 1.54) is 5.56 Å². The van der Waals surface area contributed by atoms with Crippen LogP contribution < -0.4 is 5.69 Å². The van der Waals surface area contributed by atoms with Crippen LogP contribution in [-0.4, -0.2) is 9.55 Å². The minimum Gasteiger partial charge on any atom is -0.298 e. The number of aryl methyl sites for hydroxylation is 2. The van der Waals surface area contributed by atoms with Gasteiger partial charge in [0, 0.05) is 18.1 Å². The standard InChI is InChI=1S/C14H16N2O/c1-10(2)6-7-16-9-12-8-11(3)4-5-13(12)15-14(16)17/h4-5,8-9H,1,6-7H2,2-3H3. The minimum atomic E-state index is -0.192. The lowest BCUT2D eigenvalue weighted by atomic mass is 10.2. The topological polar surface area (TPSA) is 34.9 Å². The van der Waals surface area contributed by atoms with Crippen LogP contribution in [0.25, 0.3) is 10.9 Å². The second-order valence-corrected chi connectivity index (χ2v) is 4.49. The van der Waals surface area contributed by atoms with E-state index in [-0.39, 0.29) is 5.69 Å². The molecule has 0 aliphatic rings. The molecular weight excluding hydrogens is 212 g/mol. The van der Waals surface area contributed by atoms with Crippen LogP contribution in [0.3, 0.4) is 0 Å². The summed E-state index contributed by atoms with van der Waals surface area (Å²) in [5.74, 6) is 0. The van der Waals surface area contributed by atoms with Gasteiger partial charge in [0.1, 0.15) is 0 Å². The quantitative estimate of drug-likeness (QED) is 0.757. The largest absolute Gasteiger partial charge is 0.348 e. The maximum atomic E-state index is 11.8. The number of fused-ring (bicyclic) bond motifs is 1. The van der Waals surface area contributed by atoms with E-state index in [0.717, 1.165) is 22.9 Å². The van der Waals surface area contributed by atoms with E-state index >= 15 is 0 Å². The molecule has 88 valence electrons. The van der Waals surface area contributed by atoms with Gasteiger partial charge in [-0.05, 0) is 32.4 Å². The third-order valence-corrected chi connectivity index (χ3v) is 2.72. The summed E-state index contributed by atoms with van der Waals surface area (Å²) in [5, 5.41) is 1.01. The van der Waals surface area contributed by atoms with Gasteiger partial charge in [0.05, 0.1) is 5.52 Å². The molecule has 0 fully saturated rings. The van der Waals surface area contributed by atoms with Crippen LogP contribution in [0.5, 0.6) is 0 Å². The number of hydrogen-bond acceptors (Lipinski definition) is 2. The zero-order chi connectivity index (χ0) is 12.4. The maximum absolute atomic E-state index is 11.8. The van der Waals surface area contributed by atoms with Crippen LogP contribution >= 0.6 is 0 Å². The van der Waals surface area contributed by atoms with Crippen molar-refractivity contribution < 1.29 is 0 Å². The third kappa shape index (κ3) is 2.61. The van der Waals surface area contributed by atoms with Gasteiger partial charge in [-0.25, -0.2) is 4.79 Å². The van der Waals surface area contributed by atoms with Crippen molar-refractivity contribution in [1.82, 2.24) is 9.55 Å². The Kier molecular flexibility index (Phi) is 3.09. The van der Waals surface area contributed by atoms with Crippen LogP contribution in [0.4, 0.5) is 0 Å². The van der Waals surface area contributed by atoms with Crippen molar-refractivity contribution in [3.63, 3.8) is 0 Å². The SMILES string of the molecule is C=C(C)CCn1cc2cc(C)ccc2nc1=O. The van der Waals surface area contributed by atoms with Crippen LogP contribution in [0.15, 0.2) is 41.3 Å². The first kappa shape index (κ1) is 11.6. The van der Waals surface area contributed by atoms with Gasteiger partial charge >= 0.3 is 5.69 Å². The first-order chi connectivity index (χ1) is 8.06. The fraction of sp³-hybridized carbons (Fsp3) is 0.286. The van der Waals surface area contributed by atoms with Gasteiger partial charge in [-0.1, -0.05) is 17.2 Å². The predicted molar refractivity (Wildman–Crippen MR) is 70.2 cm³/mol. The predicted octanol–water partition coefficient (Wildman–Crippen LogP) is 2.67. The second kappa shape index (κ2) is 4.53. The molecule has 0 atom stereocenters. The number of allylic oxidation sites excluding steroid dienone is 1. The van der Waals surface area contributed by atoms with Gasteiger partial charge in [-0.3, -0.25) is 4.57 Å². The fourth-order valence-electron chi connectivity index (χ4n) is 1.74. The monoisotopic (exact) mass is 228 g/mol. The van der Waals surface area contributed by atoms with Crippen molar-refractivity contribution in [2.75, 3.05) is 0 Å². The minimum absolute atomic E-state index is 0.192. The van der Waals surface area contributed by atoms with Crippen molar-refractivity contribution in [2.24, 2.45) is 0 Å². The molecule has 2 rings (SSSR count). The van der Waals surface area contributed by atoms with Crippen molar-refractivity contribution >= 4 is 10.9 Å². The number of rotatable bonds is 3. The van der Waals surface area contributed by atoms with E-state index in [0.29, 0.717) is 6.54 Å². The van der Waals surface area contributed by atoms with Crippen LogP contribution in [0.1, 0.15) is 18.9 Å². The Morgan fingerprint density at radius 1 is 1.47 bits per heavy atom. The van der Waals surface area contributed by atoms with E-state index in [2.05, 4.69) is 11.6 Å². The Labute approximate surface area is 100 Å². The lowest BCUT2D eigenvalue weighted by Gasteiger charge is -2.06. The Hall–Kier alpha value is -1.90. The first-order valence-electron chi connectivity index (χ1n) is 5.68. The molecule has 0 N–H and O–H groups in total. The molecule has 0 saturated carbocycles. The molecule has 0 aliphatic heterocycles. The summed E-state index contributed by atoms with van der Waals surface area (Å²) >= 11 is 0. The summed E-state index contributed by atoms with van der Waals surface area (Å²) < 4.78 is 1.65. The Morgan fingerprint density at radius 3 is 2.94 bits per heavy atom. The fourth-order valence-corrected chi connectivity index (χ4v) is 1.74. The number of aromatic nitrogens is 2. The smallest absolute Gasteiger partial charge is 0.298 e. The lowest BCUT2D eigenvalue weighted by molar-refractivity contribution is 0.654. The molecule has 0 amide bonds. The average molecular weight is 228 g/mol. The van der Waals surface area contributed by atoms with E-state index in [9.17, 15) is 4.79 Å². The van der Waals surface area contributed by atoms with Gasteiger partial charge in [0.2, 0.25) is 0 Å². The molecule has 1 aromatic carbocycles. The van der Waals surface area contributed by atoms with Crippen LogP contribution in [0, 0.1) is 6.92 Å². The summed E-state index contributed by atoms with van der Waals surface area (Å²) in [6, 6.07) is 5.89. The van der Waals surface area contributed by atoms with Gasteiger partial charge in [0.15, 0.2) is 0 Å². The highest BCUT2D eigenvalue weighted by molar-refractivity contribution is 5.78. The number of nitrogens with zero attached hydrogens (tertiary/aromatic N) is 2. The van der Waals surface area contributed by atoms with Crippen molar-refractivity contribution in [3.05, 3.63) is 52.6 Å². The lowest BCUT2D eigenvalue weighted by Crippen LogP contribution is -2.22. The second-order valence-electron chi connectivity index (χ2n) is 4.49. The van der Waals surface area contributed by atoms with Crippen LogP contribution in [-0.2, 0) is 6.54 Å². The summed E-state index contributed by atoms with van der Waals surface area (Å²) in [7, 11) is 0. The number of benzene rings is 1. The normalized spacial score (nSPS) is 10.7. The van der Waals surface area contributed by atoms with E-state index < -0.39 is 0 Å². The third-order valence-electron chi connectivity index (χ3n) is 2.72. The van der Waals surface area contributed by atoms with Crippen molar-refractivity contribution in [2.45, 2.75) is 26.8 Å². The van der Waals surface area contributed by atoms with Gasteiger partial charge < -0.3 is 0 Å². The Bertz CT molecular complexity index is 626. The zero-order valence-corrected chi connectivity index (χ0v) is 10.2. The molecule has 0 aliphatic carbocycles. The highest BCUT2D eigenvalue weighted by Gasteiger charge is 2.01. The summed E-state index contributed by atoms with van der Waals surface area (Å²) in [5.41, 5.74) is 2.81. The molecule has 0 radical (unpaired) electrons. The Balaban J connectivity index is 2.46. The van der Waals surface area contributed by atoms with Crippen molar-refractivity contribution in [3.8, 4) is 0 Å². The molecule has 0 saturated heterocycles. The number of hydrogen-bond donors (Lipinski definition) is 0. The molecule has 1 heterocycles. The van der Waals surface area contributed by atoms with E-state index in [1.54, 1.807) is 4.57 Å². The average Bonchev–Trinajstić information content (AvgIpc) is 2.26. The molecular formula is C14H16N2O. The zero-order valence-electron chi connectivity index (χ0n) is 10.2. The van der Waals surface area contributed by atoms with E-state index in [1.807, 2.05) is 38.2 Å². The molecule has 0 unspecified atom stereocenters. The van der Waals surface area contributed by atoms with Crippen molar-refractivity contribution in [1.29, 1.82) is 0 Å². The summed E-state index contributed by atoms with van der Waals surface area (Å²) in [6.07, 6.45) is 2.68. The molecule has 2 aromatic rings. The molecule has 3 heteroatoms. The highest BCUT2D eigenvalue weighted by Crippen LogP contribution is 2.11. The Morgan fingerprint density at radius 2 is 2.24 bits per heavy atom. The van der Waals surface area contributed by atoms with E-state index in [4.69, 9.17) is 0 Å². The molecule has 0 spiro atoms. The molecule has 3 nitrogen and oxygen atoms in total. The maximum Gasteiger partial charge on any atom is 0.348 e. The van der Waals surface area contributed by atoms with Crippen LogP contribution in [0.2, 0.25) is 0 Å². The first-order valence-corrected chi connectivity index (χ1v) is 5.68. The summed E-state index contributed by atoms with van der Waals surface area (Å²) in [4.78, 5) is 15.8. The summed E-state index contributed by atoms with van der Waals surface area (Å²) in [6.45, 7) is 8.48. The molecule has 0 bridgehead atoms. The molecule has 17 heavy (non-hydrogen) atoms. The van der Waals surface area contributed by atoms with Gasteiger partial charge in [0.25, 0.3) is 0 Å².